The van der Waals surface area contributed by atoms with E-state index in [-0.39, 0.29) is 0 Å². The van der Waals surface area contributed by atoms with E-state index in [2.05, 4.69) is 79.4 Å². The summed E-state index contributed by atoms with van der Waals surface area (Å²) in [5.41, 5.74) is 3.86. The maximum absolute atomic E-state index is 5.36. The molecule has 0 aliphatic rings. The van der Waals surface area contributed by atoms with Crippen molar-refractivity contribution in [3.05, 3.63) is 72.3 Å². The molecule has 0 aromatic heterocycles. The summed E-state index contributed by atoms with van der Waals surface area (Å²) in [6, 6.07) is 23.6. The summed E-state index contributed by atoms with van der Waals surface area (Å²) in [4.78, 5) is 0. The van der Waals surface area contributed by atoms with Gasteiger partial charge in [-0.05, 0) is 39.9 Å². The first-order valence-electron chi connectivity index (χ1n) is 7.14. The smallest absolute Gasteiger partial charge is 0.0892 e. The fourth-order valence-corrected chi connectivity index (χ4v) is 2.75. The topological polar surface area (TPSA) is 9.23 Å². The Kier molecular flexibility index (Phi) is 4.59. The second kappa shape index (κ2) is 6.79. The van der Waals surface area contributed by atoms with Crippen molar-refractivity contribution < 1.29 is 4.74 Å². The lowest BCUT2D eigenvalue weighted by molar-refractivity contribution is 0.187. The van der Waals surface area contributed by atoms with Gasteiger partial charge in [0.15, 0.2) is 0 Å². The molecule has 0 saturated carbocycles. The van der Waals surface area contributed by atoms with Gasteiger partial charge in [-0.2, -0.15) is 12.6 Å². The quantitative estimate of drug-likeness (QED) is 0.398. The van der Waals surface area contributed by atoms with Gasteiger partial charge in [0.1, 0.15) is 0 Å². The molecule has 106 valence electrons. The van der Waals surface area contributed by atoms with Crippen LogP contribution in [0, 0.1) is 0 Å². The largest absolute Gasteiger partial charge is 0.371 e. The summed E-state index contributed by atoms with van der Waals surface area (Å²) in [6.07, 6.45) is 0.906. The summed E-state index contributed by atoms with van der Waals surface area (Å²) in [7, 11) is 0. The van der Waals surface area contributed by atoms with Crippen LogP contribution in [0.15, 0.2) is 66.7 Å². The van der Waals surface area contributed by atoms with Crippen LogP contribution < -0.4 is 0 Å². The third-order valence-corrected chi connectivity index (χ3v) is 3.87. The Hall–Kier alpha value is -1.77. The van der Waals surface area contributed by atoms with Crippen LogP contribution in [0.1, 0.15) is 5.56 Å². The summed E-state index contributed by atoms with van der Waals surface area (Å²) >= 11 is 4.08. The van der Waals surface area contributed by atoms with Crippen molar-refractivity contribution in [2.24, 2.45) is 0 Å². The molecular formula is C19H18OS. The normalized spacial score (nSPS) is 10.9. The van der Waals surface area contributed by atoms with E-state index in [1.807, 2.05) is 0 Å². The van der Waals surface area contributed by atoms with Gasteiger partial charge in [0.05, 0.1) is 12.5 Å². The lowest BCUT2D eigenvalue weighted by Crippen LogP contribution is -1.98. The van der Waals surface area contributed by atoms with Gasteiger partial charge in [-0.3, -0.25) is 0 Å². The molecule has 3 aromatic rings. The zero-order valence-corrected chi connectivity index (χ0v) is 12.7. The number of thiol groups is 1. The Morgan fingerprint density at radius 1 is 0.810 bits per heavy atom. The van der Waals surface area contributed by atoms with E-state index in [1.165, 1.54) is 27.5 Å². The molecule has 0 bridgehead atoms. The van der Waals surface area contributed by atoms with Crippen LogP contribution in [0.3, 0.4) is 0 Å². The third-order valence-electron chi connectivity index (χ3n) is 3.68. The summed E-state index contributed by atoms with van der Waals surface area (Å²) in [5, 5.41) is 2.55. The predicted molar refractivity (Wildman–Crippen MR) is 92.9 cm³/mol. The van der Waals surface area contributed by atoms with Crippen molar-refractivity contribution >= 4 is 23.4 Å². The van der Waals surface area contributed by atoms with E-state index in [0.29, 0.717) is 12.5 Å². The molecule has 0 unspecified atom stereocenters. The van der Waals surface area contributed by atoms with E-state index in [0.717, 1.165) is 6.42 Å². The van der Waals surface area contributed by atoms with Crippen molar-refractivity contribution in [1.29, 1.82) is 0 Å². The van der Waals surface area contributed by atoms with Gasteiger partial charge in [0, 0.05) is 0 Å². The minimum absolute atomic E-state index is 0.470. The maximum Gasteiger partial charge on any atom is 0.0892 e. The number of fused-ring (bicyclic) bond motifs is 1. The van der Waals surface area contributed by atoms with Crippen LogP contribution in [0.25, 0.3) is 21.9 Å². The van der Waals surface area contributed by atoms with E-state index in [4.69, 9.17) is 4.74 Å². The van der Waals surface area contributed by atoms with E-state index in [9.17, 15) is 0 Å². The lowest BCUT2D eigenvalue weighted by Gasteiger charge is -2.10. The molecule has 3 aromatic carbocycles. The SMILES string of the molecule is SCOCCc1ccccc1-c1ccc2ccccc2c1. The Bertz CT molecular complexity index is 736. The molecule has 2 heteroatoms. The fourth-order valence-electron chi connectivity index (χ4n) is 2.62. The van der Waals surface area contributed by atoms with Gasteiger partial charge in [-0.1, -0.05) is 60.7 Å². The zero-order chi connectivity index (χ0) is 14.5. The number of hydrogen-bond acceptors (Lipinski definition) is 2. The molecule has 0 fully saturated rings. The van der Waals surface area contributed by atoms with Crippen molar-refractivity contribution in [1.82, 2.24) is 0 Å². The second-order valence-corrected chi connectivity index (χ2v) is 5.26. The van der Waals surface area contributed by atoms with Crippen LogP contribution in [0.5, 0.6) is 0 Å². The monoisotopic (exact) mass is 294 g/mol. The number of hydrogen-bond donors (Lipinski definition) is 1. The van der Waals surface area contributed by atoms with Crippen LogP contribution >= 0.6 is 12.6 Å². The molecule has 0 N–H and O–H groups in total. The molecule has 0 spiro atoms. The van der Waals surface area contributed by atoms with Crippen LogP contribution in [-0.4, -0.2) is 12.5 Å². The van der Waals surface area contributed by atoms with E-state index < -0.39 is 0 Å². The van der Waals surface area contributed by atoms with Gasteiger partial charge in [-0.25, -0.2) is 0 Å². The summed E-state index contributed by atoms with van der Waals surface area (Å²) in [6.45, 7) is 0.702. The highest BCUT2D eigenvalue weighted by Crippen LogP contribution is 2.27. The highest BCUT2D eigenvalue weighted by molar-refractivity contribution is 7.80. The molecule has 0 heterocycles. The Labute approximate surface area is 131 Å². The lowest BCUT2D eigenvalue weighted by atomic mass is 9.96. The van der Waals surface area contributed by atoms with Gasteiger partial charge in [0.2, 0.25) is 0 Å². The minimum atomic E-state index is 0.470. The van der Waals surface area contributed by atoms with Gasteiger partial charge >= 0.3 is 0 Å². The van der Waals surface area contributed by atoms with Crippen molar-refractivity contribution in [2.45, 2.75) is 6.42 Å². The minimum Gasteiger partial charge on any atom is -0.371 e. The molecule has 1 nitrogen and oxygen atoms in total. The van der Waals surface area contributed by atoms with Gasteiger partial charge in [0.25, 0.3) is 0 Å². The highest BCUT2D eigenvalue weighted by Gasteiger charge is 2.05. The number of benzene rings is 3. The molecule has 0 atom stereocenters. The van der Waals surface area contributed by atoms with Crippen LogP contribution in [0.2, 0.25) is 0 Å². The first kappa shape index (κ1) is 14.2. The molecule has 0 amide bonds. The van der Waals surface area contributed by atoms with Crippen LogP contribution in [0.4, 0.5) is 0 Å². The van der Waals surface area contributed by atoms with Crippen molar-refractivity contribution in [3.8, 4) is 11.1 Å². The standard InChI is InChI=1S/C19H18OS/c21-14-20-12-11-16-6-3-4-8-19(16)18-10-9-15-5-1-2-7-17(15)13-18/h1-10,13,21H,11-12,14H2. The average Bonchev–Trinajstić information content (AvgIpc) is 2.55. The number of rotatable bonds is 5. The highest BCUT2D eigenvalue weighted by atomic mass is 32.1. The second-order valence-electron chi connectivity index (χ2n) is 5.01. The molecular weight excluding hydrogens is 276 g/mol. The van der Waals surface area contributed by atoms with Crippen LogP contribution in [-0.2, 0) is 11.2 Å². The maximum atomic E-state index is 5.36. The average molecular weight is 294 g/mol. The Morgan fingerprint density at radius 2 is 1.57 bits per heavy atom. The Morgan fingerprint density at radius 3 is 2.43 bits per heavy atom. The van der Waals surface area contributed by atoms with Gasteiger partial charge < -0.3 is 4.74 Å². The Balaban J connectivity index is 1.97. The molecule has 0 saturated heterocycles. The molecule has 21 heavy (non-hydrogen) atoms. The molecule has 0 radical (unpaired) electrons. The molecule has 3 rings (SSSR count). The summed E-state index contributed by atoms with van der Waals surface area (Å²) < 4.78 is 5.36. The first-order valence-corrected chi connectivity index (χ1v) is 7.77. The molecule has 0 aliphatic carbocycles. The fraction of sp³-hybridized carbons (Fsp3) is 0.158. The predicted octanol–water partition coefficient (Wildman–Crippen LogP) is 4.95. The number of ether oxygens (including phenoxy) is 1. The van der Waals surface area contributed by atoms with Gasteiger partial charge in [-0.15, -0.1) is 0 Å². The third kappa shape index (κ3) is 3.29. The van der Waals surface area contributed by atoms with E-state index >= 15 is 0 Å². The van der Waals surface area contributed by atoms with Crippen molar-refractivity contribution in [3.63, 3.8) is 0 Å². The summed E-state index contributed by atoms with van der Waals surface area (Å²) in [5.74, 6) is 0.470. The van der Waals surface area contributed by atoms with Crippen molar-refractivity contribution in [2.75, 3.05) is 12.5 Å². The first-order chi connectivity index (χ1) is 10.4. The zero-order valence-electron chi connectivity index (χ0n) is 11.8. The molecule has 0 aliphatic heterocycles. The van der Waals surface area contributed by atoms with E-state index in [1.54, 1.807) is 0 Å².